The Morgan fingerprint density at radius 3 is 2.43 bits per heavy atom. The molecule has 1 aromatic heterocycles. The van der Waals surface area contributed by atoms with Crippen LogP contribution in [0.3, 0.4) is 0 Å². The number of halogens is 3. The van der Waals surface area contributed by atoms with Gasteiger partial charge in [0.25, 0.3) is 0 Å². The summed E-state index contributed by atoms with van der Waals surface area (Å²) in [7, 11) is 0. The van der Waals surface area contributed by atoms with E-state index in [1.165, 1.54) is 18.3 Å². The van der Waals surface area contributed by atoms with Crippen LogP contribution >= 0.6 is 0 Å². The predicted octanol–water partition coefficient (Wildman–Crippen LogP) is 5.42. The number of benzene rings is 2. The van der Waals surface area contributed by atoms with Gasteiger partial charge in [-0.05, 0) is 30.7 Å². The van der Waals surface area contributed by atoms with Gasteiger partial charge >= 0.3 is 12.1 Å². The summed E-state index contributed by atoms with van der Waals surface area (Å²) in [6.45, 7) is 1.84. The fourth-order valence-electron chi connectivity index (χ4n) is 2.93. The van der Waals surface area contributed by atoms with Gasteiger partial charge in [-0.25, -0.2) is 4.79 Å². The minimum absolute atomic E-state index is 0.166. The van der Waals surface area contributed by atoms with Gasteiger partial charge in [-0.3, -0.25) is 0 Å². The van der Waals surface area contributed by atoms with E-state index in [4.69, 9.17) is 4.74 Å². The number of hydrogen-bond acceptors (Lipinski definition) is 3. The van der Waals surface area contributed by atoms with Crippen molar-refractivity contribution in [1.82, 2.24) is 4.98 Å². The smallest absolute Gasteiger partial charge is 0.416 e. The van der Waals surface area contributed by atoms with Crippen LogP contribution in [0.2, 0.25) is 0 Å². The lowest BCUT2D eigenvalue weighted by molar-refractivity contribution is -0.137. The standard InChI is InChI=1S/C21H15F3N2O2/c1-2-28-20(27)17-12-26-19(13-7-9-15(10-8-13)21(22,23)24)18(17)16-6-4-3-5-14(16)11-25/h3-10,12,26H,2H2,1H3. The number of esters is 1. The molecule has 0 saturated carbocycles. The molecule has 0 spiro atoms. The fourth-order valence-corrected chi connectivity index (χ4v) is 2.93. The highest BCUT2D eigenvalue weighted by molar-refractivity contribution is 6.02. The summed E-state index contributed by atoms with van der Waals surface area (Å²) in [6.07, 6.45) is -3.00. The van der Waals surface area contributed by atoms with Gasteiger partial charge in [0, 0.05) is 17.3 Å². The number of alkyl halides is 3. The van der Waals surface area contributed by atoms with Gasteiger partial charge in [-0.1, -0.05) is 30.3 Å². The van der Waals surface area contributed by atoms with Crippen molar-refractivity contribution in [2.75, 3.05) is 6.61 Å². The third-order valence-electron chi connectivity index (χ3n) is 4.19. The van der Waals surface area contributed by atoms with Gasteiger partial charge in [0.1, 0.15) is 0 Å². The van der Waals surface area contributed by atoms with Gasteiger partial charge in [0.05, 0.1) is 35.1 Å². The van der Waals surface area contributed by atoms with E-state index >= 15 is 0 Å². The molecule has 0 unspecified atom stereocenters. The highest BCUT2D eigenvalue weighted by atomic mass is 19.4. The number of aromatic amines is 1. The monoisotopic (exact) mass is 384 g/mol. The molecule has 0 amide bonds. The molecule has 0 radical (unpaired) electrons. The second-order valence-electron chi connectivity index (χ2n) is 5.91. The van der Waals surface area contributed by atoms with E-state index in [-0.39, 0.29) is 12.2 Å². The van der Waals surface area contributed by atoms with Crippen molar-refractivity contribution in [2.45, 2.75) is 13.1 Å². The normalized spacial score (nSPS) is 11.1. The fraction of sp³-hybridized carbons (Fsp3) is 0.143. The molecule has 0 saturated heterocycles. The van der Waals surface area contributed by atoms with E-state index in [0.29, 0.717) is 27.9 Å². The van der Waals surface area contributed by atoms with Gasteiger partial charge < -0.3 is 9.72 Å². The van der Waals surface area contributed by atoms with E-state index in [1.54, 1.807) is 31.2 Å². The van der Waals surface area contributed by atoms with Crippen molar-refractivity contribution >= 4 is 5.97 Å². The predicted molar refractivity (Wildman–Crippen MR) is 97.3 cm³/mol. The van der Waals surface area contributed by atoms with Crippen LogP contribution < -0.4 is 0 Å². The summed E-state index contributed by atoms with van der Waals surface area (Å²) in [4.78, 5) is 15.3. The van der Waals surface area contributed by atoms with Crippen LogP contribution in [0.4, 0.5) is 13.2 Å². The second kappa shape index (κ2) is 7.61. The molecule has 3 rings (SSSR count). The Balaban J connectivity index is 2.20. The SMILES string of the molecule is CCOC(=O)c1c[nH]c(-c2ccc(C(F)(F)F)cc2)c1-c1ccccc1C#N. The summed E-state index contributed by atoms with van der Waals surface area (Å²) in [6, 6.07) is 13.4. The lowest BCUT2D eigenvalue weighted by Gasteiger charge is -2.11. The first-order chi connectivity index (χ1) is 13.4. The zero-order chi connectivity index (χ0) is 20.3. The summed E-state index contributed by atoms with van der Waals surface area (Å²) < 4.78 is 43.7. The molecule has 0 atom stereocenters. The maximum atomic E-state index is 12.9. The molecule has 4 nitrogen and oxygen atoms in total. The lowest BCUT2D eigenvalue weighted by Crippen LogP contribution is -2.05. The molecular weight excluding hydrogens is 369 g/mol. The van der Waals surface area contributed by atoms with E-state index in [0.717, 1.165) is 12.1 Å². The average molecular weight is 384 g/mol. The van der Waals surface area contributed by atoms with Crippen LogP contribution in [0.15, 0.2) is 54.7 Å². The molecule has 2 aromatic carbocycles. The lowest BCUT2D eigenvalue weighted by atomic mass is 9.94. The van der Waals surface area contributed by atoms with Crippen molar-refractivity contribution in [3.8, 4) is 28.5 Å². The Morgan fingerprint density at radius 1 is 1.14 bits per heavy atom. The Labute approximate surface area is 159 Å². The molecule has 0 aliphatic carbocycles. The average Bonchev–Trinajstić information content (AvgIpc) is 3.12. The maximum Gasteiger partial charge on any atom is 0.416 e. The highest BCUT2D eigenvalue weighted by Gasteiger charge is 2.30. The molecule has 142 valence electrons. The first-order valence-corrected chi connectivity index (χ1v) is 8.42. The van der Waals surface area contributed by atoms with E-state index in [9.17, 15) is 23.2 Å². The van der Waals surface area contributed by atoms with E-state index in [2.05, 4.69) is 11.1 Å². The minimum atomic E-state index is -4.44. The summed E-state index contributed by atoms with van der Waals surface area (Å²) in [5.74, 6) is -0.584. The number of hydrogen-bond donors (Lipinski definition) is 1. The third kappa shape index (κ3) is 3.62. The molecular formula is C21H15F3N2O2. The second-order valence-corrected chi connectivity index (χ2v) is 5.91. The third-order valence-corrected chi connectivity index (χ3v) is 4.19. The molecule has 0 fully saturated rings. The first-order valence-electron chi connectivity index (χ1n) is 8.42. The van der Waals surface area contributed by atoms with Crippen LogP contribution in [-0.2, 0) is 10.9 Å². The summed E-state index contributed by atoms with van der Waals surface area (Å²) >= 11 is 0. The number of carbonyl (C=O) groups excluding carboxylic acids is 1. The molecule has 7 heteroatoms. The summed E-state index contributed by atoms with van der Waals surface area (Å²) in [5, 5.41) is 9.44. The number of H-pyrrole nitrogens is 1. The van der Waals surface area contributed by atoms with Crippen molar-refractivity contribution < 1.29 is 22.7 Å². The van der Waals surface area contributed by atoms with Crippen molar-refractivity contribution in [2.24, 2.45) is 0 Å². The molecule has 0 aliphatic rings. The molecule has 1 heterocycles. The first kappa shape index (κ1) is 19.2. The Bertz CT molecular complexity index is 1040. The van der Waals surface area contributed by atoms with E-state index < -0.39 is 17.7 Å². The Kier molecular flexibility index (Phi) is 5.23. The topological polar surface area (TPSA) is 65.9 Å². The zero-order valence-electron chi connectivity index (χ0n) is 14.8. The number of carbonyl (C=O) groups is 1. The number of rotatable bonds is 4. The maximum absolute atomic E-state index is 12.9. The van der Waals surface area contributed by atoms with Crippen LogP contribution in [0.5, 0.6) is 0 Å². The molecule has 1 N–H and O–H groups in total. The van der Waals surface area contributed by atoms with Gasteiger partial charge in [0.15, 0.2) is 0 Å². The quantitative estimate of drug-likeness (QED) is 0.611. The number of nitrogens with zero attached hydrogens (tertiary/aromatic N) is 1. The molecule has 28 heavy (non-hydrogen) atoms. The van der Waals surface area contributed by atoms with Gasteiger partial charge in [0.2, 0.25) is 0 Å². The van der Waals surface area contributed by atoms with Crippen LogP contribution in [0.25, 0.3) is 22.4 Å². The molecule has 0 aliphatic heterocycles. The number of nitriles is 1. The van der Waals surface area contributed by atoms with Crippen molar-refractivity contribution in [3.05, 3.63) is 71.4 Å². The van der Waals surface area contributed by atoms with Gasteiger partial charge in [-0.15, -0.1) is 0 Å². The van der Waals surface area contributed by atoms with Gasteiger partial charge in [-0.2, -0.15) is 18.4 Å². The largest absolute Gasteiger partial charge is 0.462 e. The van der Waals surface area contributed by atoms with Crippen LogP contribution in [0.1, 0.15) is 28.4 Å². The Morgan fingerprint density at radius 2 is 1.82 bits per heavy atom. The number of ether oxygens (including phenoxy) is 1. The number of aromatic nitrogens is 1. The van der Waals surface area contributed by atoms with E-state index in [1.807, 2.05) is 0 Å². The van der Waals surface area contributed by atoms with Crippen molar-refractivity contribution in [1.29, 1.82) is 5.26 Å². The number of nitrogens with one attached hydrogen (secondary N) is 1. The molecule has 3 aromatic rings. The zero-order valence-corrected chi connectivity index (χ0v) is 14.8. The minimum Gasteiger partial charge on any atom is -0.462 e. The Hall–Kier alpha value is -3.53. The van der Waals surface area contributed by atoms with Crippen molar-refractivity contribution in [3.63, 3.8) is 0 Å². The summed E-state index contributed by atoms with van der Waals surface area (Å²) in [5.41, 5.74) is 1.55. The van der Waals surface area contributed by atoms with Crippen LogP contribution in [0, 0.1) is 11.3 Å². The highest BCUT2D eigenvalue weighted by Crippen LogP contribution is 2.38. The molecule has 0 bridgehead atoms. The van der Waals surface area contributed by atoms with Crippen LogP contribution in [-0.4, -0.2) is 17.6 Å².